The van der Waals surface area contributed by atoms with E-state index in [1.54, 1.807) is 12.1 Å². The monoisotopic (exact) mass is 316 g/mol. The topological polar surface area (TPSA) is 54.0 Å². The Balaban J connectivity index is 2.20. The number of hydrogen-bond acceptors (Lipinski definition) is 5. The van der Waals surface area contributed by atoms with Crippen LogP contribution in [-0.4, -0.2) is 33.7 Å². The average Bonchev–Trinajstić information content (AvgIpc) is 2.59. The molecular weight excluding hydrogens is 296 g/mol. The number of ketones is 1. The third-order valence-electron chi connectivity index (χ3n) is 3.44. The van der Waals surface area contributed by atoms with Crippen LogP contribution in [0.2, 0.25) is 0 Å². The van der Waals surface area contributed by atoms with Crippen LogP contribution in [0.1, 0.15) is 15.9 Å². The van der Waals surface area contributed by atoms with Gasteiger partial charge in [-0.25, -0.2) is 0 Å². The van der Waals surface area contributed by atoms with Crippen molar-refractivity contribution in [3.63, 3.8) is 0 Å². The quantitative estimate of drug-likeness (QED) is 0.734. The van der Waals surface area contributed by atoms with Gasteiger partial charge in [0.05, 0.1) is 21.3 Å². The standard InChI is InChI=1S/C18H20O5/c1-12-7-5-6-8-15(12)23-11-14(19)13-9-16(20-2)18(22-4)17(10-13)21-3/h5-10H,11H2,1-4H3. The predicted molar refractivity (Wildman–Crippen MR) is 87.1 cm³/mol. The summed E-state index contributed by atoms with van der Waals surface area (Å²) in [5.41, 5.74) is 1.42. The van der Waals surface area contributed by atoms with E-state index in [0.29, 0.717) is 28.6 Å². The third-order valence-corrected chi connectivity index (χ3v) is 3.44. The van der Waals surface area contributed by atoms with Crippen LogP contribution in [0.25, 0.3) is 0 Å². The van der Waals surface area contributed by atoms with Gasteiger partial charge in [-0.2, -0.15) is 0 Å². The SMILES string of the molecule is COc1cc(C(=O)COc2ccccc2C)cc(OC)c1OC. The maximum absolute atomic E-state index is 12.4. The lowest BCUT2D eigenvalue weighted by Gasteiger charge is -2.14. The molecule has 2 aromatic rings. The predicted octanol–water partition coefficient (Wildman–Crippen LogP) is 3.28. The Morgan fingerprint density at radius 1 is 0.913 bits per heavy atom. The van der Waals surface area contributed by atoms with Gasteiger partial charge in [0.15, 0.2) is 23.9 Å². The molecule has 0 radical (unpaired) electrons. The molecule has 0 aliphatic heterocycles. The summed E-state index contributed by atoms with van der Waals surface area (Å²) in [6.45, 7) is 1.86. The normalized spacial score (nSPS) is 10.1. The zero-order chi connectivity index (χ0) is 16.8. The average molecular weight is 316 g/mol. The fraction of sp³-hybridized carbons (Fsp3) is 0.278. The molecule has 0 bridgehead atoms. The van der Waals surface area contributed by atoms with Crippen LogP contribution in [0, 0.1) is 6.92 Å². The minimum absolute atomic E-state index is 0.0660. The summed E-state index contributed by atoms with van der Waals surface area (Å²) in [5.74, 6) is 1.84. The lowest BCUT2D eigenvalue weighted by atomic mass is 10.1. The smallest absolute Gasteiger partial charge is 0.203 e. The minimum atomic E-state index is -0.174. The van der Waals surface area contributed by atoms with Gasteiger partial charge in [0, 0.05) is 5.56 Å². The molecule has 23 heavy (non-hydrogen) atoms. The van der Waals surface area contributed by atoms with E-state index in [1.807, 2.05) is 31.2 Å². The number of methoxy groups -OCH3 is 3. The minimum Gasteiger partial charge on any atom is -0.493 e. The van der Waals surface area contributed by atoms with E-state index in [2.05, 4.69) is 0 Å². The molecule has 0 N–H and O–H groups in total. The van der Waals surface area contributed by atoms with Gasteiger partial charge in [-0.3, -0.25) is 4.79 Å². The maximum Gasteiger partial charge on any atom is 0.203 e. The lowest BCUT2D eigenvalue weighted by molar-refractivity contribution is 0.0920. The molecule has 2 rings (SSSR count). The fourth-order valence-corrected chi connectivity index (χ4v) is 2.19. The van der Waals surface area contributed by atoms with Crippen LogP contribution in [0.3, 0.4) is 0 Å². The zero-order valence-corrected chi connectivity index (χ0v) is 13.7. The van der Waals surface area contributed by atoms with E-state index >= 15 is 0 Å². The summed E-state index contributed by atoms with van der Waals surface area (Å²) in [6, 6.07) is 10.8. The molecule has 0 aliphatic rings. The van der Waals surface area contributed by atoms with E-state index < -0.39 is 0 Å². The third kappa shape index (κ3) is 3.74. The van der Waals surface area contributed by atoms with Crippen LogP contribution in [0.5, 0.6) is 23.0 Å². The summed E-state index contributed by atoms with van der Waals surface area (Å²) in [4.78, 5) is 12.4. The van der Waals surface area contributed by atoms with E-state index in [9.17, 15) is 4.79 Å². The highest BCUT2D eigenvalue weighted by Crippen LogP contribution is 2.38. The molecule has 0 saturated heterocycles. The molecule has 0 spiro atoms. The van der Waals surface area contributed by atoms with Crippen LogP contribution in [0.15, 0.2) is 36.4 Å². The van der Waals surface area contributed by atoms with Gasteiger partial charge in [-0.05, 0) is 30.7 Å². The first kappa shape index (κ1) is 16.7. The number of Topliss-reactive ketones (excluding diaryl/α,β-unsaturated/α-hetero) is 1. The van der Waals surface area contributed by atoms with Gasteiger partial charge in [0.1, 0.15) is 5.75 Å². The second-order valence-corrected chi connectivity index (χ2v) is 4.89. The summed E-state index contributed by atoms with van der Waals surface area (Å²) in [6.07, 6.45) is 0. The Kier molecular flexibility index (Phi) is 5.46. The highest BCUT2D eigenvalue weighted by atomic mass is 16.5. The van der Waals surface area contributed by atoms with Crippen molar-refractivity contribution in [2.75, 3.05) is 27.9 Å². The molecule has 0 unspecified atom stereocenters. The van der Waals surface area contributed by atoms with E-state index in [4.69, 9.17) is 18.9 Å². The highest BCUT2D eigenvalue weighted by Gasteiger charge is 2.17. The number of benzene rings is 2. The molecule has 0 heterocycles. The number of aryl methyl sites for hydroxylation is 1. The largest absolute Gasteiger partial charge is 0.493 e. The molecule has 0 fully saturated rings. The van der Waals surface area contributed by atoms with Crippen molar-refractivity contribution >= 4 is 5.78 Å². The second kappa shape index (κ2) is 7.54. The molecule has 5 heteroatoms. The highest BCUT2D eigenvalue weighted by molar-refractivity contribution is 5.98. The number of para-hydroxylation sites is 1. The molecule has 0 saturated carbocycles. The molecule has 0 aromatic heterocycles. The molecule has 2 aromatic carbocycles. The number of ether oxygens (including phenoxy) is 4. The van der Waals surface area contributed by atoms with Crippen LogP contribution < -0.4 is 18.9 Å². The summed E-state index contributed by atoms with van der Waals surface area (Å²) in [7, 11) is 4.54. The lowest BCUT2D eigenvalue weighted by Crippen LogP contribution is -2.12. The zero-order valence-electron chi connectivity index (χ0n) is 13.7. The van der Waals surface area contributed by atoms with Crippen molar-refractivity contribution < 1.29 is 23.7 Å². The van der Waals surface area contributed by atoms with Crippen molar-refractivity contribution in [1.29, 1.82) is 0 Å². The van der Waals surface area contributed by atoms with Crippen molar-refractivity contribution in [3.8, 4) is 23.0 Å². The molecule has 122 valence electrons. The first-order valence-corrected chi connectivity index (χ1v) is 7.12. The molecule has 5 nitrogen and oxygen atoms in total. The Labute approximate surface area is 135 Å². The molecule has 0 amide bonds. The second-order valence-electron chi connectivity index (χ2n) is 4.89. The first-order chi connectivity index (χ1) is 11.1. The molecular formula is C18H20O5. The maximum atomic E-state index is 12.4. The Hall–Kier alpha value is -2.69. The summed E-state index contributed by atoms with van der Waals surface area (Å²) in [5, 5.41) is 0. The van der Waals surface area contributed by atoms with Gasteiger partial charge in [0.2, 0.25) is 5.75 Å². The number of hydrogen-bond donors (Lipinski definition) is 0. The fourth-order valence-electron chi connectivity index (χ4n) is 2.19. The van der Waals surface area contributed by atoms with Gasteiger partial charge in [0.25, 0.3) is 0 Å². The summed E-state index contributed by atoms with van der Waals surface area (Å²) >= 11 is 0. The molecule has 0 aliphatic carbocycles. The van der Waals surface area contributed by atoms with Crippen LogP contribution in [0.4, 0.5) is 0 Å². The summed E-state index contributed by atoms with van der Waals surface area (Å²) < 4.78 is 21.3. The van der Waals surface area contributed by atoms with Crippen LogP contribution >= 0.6 is 0 Å². The first-order valence-electron chi connectivity index (χ1n) is 7.12. The Bertz CT molecular complexity index is 669. The van der Waals surface area contributed by atoms with Gasteiger partial charge < -0.3 is 18.9 Å². The Morgan fingerprint density at radius 2 is 1.52 bits per heavy atom. The van der Waals surface area contributed by atoms with E-state index in [1.165, 1.54) is 21.3 Å². The number of carbonyl (C=O) groups is 1. The van der Waals surface area contributed by atoms with E-state index in [0.717, 1.165) is 5.56 Å². The molecule has 0 atom stereocenters. The van der Waals surface area contributed by atoms with Crippen molar-refractivity contribution in [2.24, 2.45) is 0 Å². The van der Waals surface area contributed by atoms with Gasteiger partial charge in [-0.15, -0.1) is 0 Å². The Morgan fingerprint density at radius 3 is 2.04 bits per heavy atom. The van der Waals surface area contributed by atoms with Crippen molar-refractivity contribution in [3.05, 3.63) is 47.5 Å². The van der Waals surface area contributed by atoms with Gasteiger partial charge >= 0.3 is 0 Å². The number of carbonyl (C=O) groups excluding carboxylic acids is 1. The van der Waals surface area contributed by atoms with E-state index in [-0.39, 0.29) is 12.4 Å². The number of rotatable bonds is 7. The van der Waals surface area contributed by atoms with Crippen molar-refractivity contribution in [2.45, 2.75) is 6.92 Å². The van der Waals surface area contributed by atoms with Gasteiger partial charge in [-0.1, -0.05) is 18.2 Å². The van der Waals surface area contributed by atoms with Crippen molar-refractivity contribution in [1.82, 2.24) is 0 Å². The van der Waals surface area contributed by atoms with Crippen LogP contribution in [-0.2, 0) is 0 Å².